The van der Waals surface area contributed by atoms with Gasteiger partial charge in [0.2, 0.25) is 0 Å². The van der Waals surface area contributed by atoms with Crippen molar-refractivity contribution in [2.75, 3.05) is 0 Å². The molecule has 2 N–H and O–H groups in total. The van der Waals surface area contributed by atoms with Crippen molar-refractivity contribution in [3.05, 3.63) is 41.9 Å². The maximum atomic E-state index is 6.00. The smallest absolute Gasteiger partial charge is 0.0435 e. The first kappa shape index (κ1) is 10.3. The van der Waals surface area contributed by atoms with Crippen LogP contribution in [-0.2, 0) is 6.42 Å². The highest BCUT2D eigenvalue weighted by atomic mass is 14.7. The van der Waals surface area contributed by atoms with Crippen LogP contribution in [0.1, 0.15) is 26.3 Å². The van der Waals surface area contributed by atoms with Crippen molar-refractivity contribution in [3.8, 4) is 0 Å². The molecule has 0 aliphatic heterocycles. The first-order chi connectivity index (χ1) is 6.00. The van der Waals surface area contributed by atoms with Crippen molar-refractivity contribution in [3.63, 3.8) is 0 Å². The Balaban J connectivity index is 2.61. The van der Waals surface area contributed by atoms with Crippen LogP contribution in [-0.4, -0.2) is 0 Å². The summed E-state index contributed by atoms with van der Waals surface area (Å²) in [5.74, 6) is 0. The molecule has 0 aliphatic rings. The van der Waals surface area contributed by atoms with Gasteiger partial charge in [0.15, 0.2) is 0 Å². The minimum atomic E-state index is 0.107. The summed E-state index contributed by atoms with van der Waals surface area (Å²) in [5.41, 5.74) is 7.39. The molecule has 0 fully saturated rings. The Labute approximate surface area is 81.0 Å². The number of rotatable bonds is 2. The molecule has 1 aromatic carbocycles. The molecule has 0 bridgehead atoms. The summed E-state index contributed by atoms with van der Waals surface area (Å²) in [6, 6.07) is 11.4. The second-order valence-electron chi connectivity index (χ2n) is 4.44. The van der Waals surface area contributed by atoms with E-state index in [9.17, 15) is 0 Å². The molecule has 0 unspecified atom stereocenters. The van der Waals surface area contributed by atoms with Gasteiger partial charge in [0.1, 0.15) is 0 Å². The van der Waals surface area contributed by atoms with Crippen LogP contribution in [0.2, 0.25) is 0 Å². The van der Waals surface area contributed by atoms with E-state index in [0.717, 1.165) is 12.5 Å². The van der Waals surface area contributed by atoms with Gasteiger partial charge < -0.3 is 5.73 Å². The summed E-state index contributed by atoms with van der Waals surface area (Å²) >= 11 is 0. The third-order valence-corrected chi connectivity index (χ3v) is 2.20. The van der Waals surface area contributed by atoms with E-state index in [2.05, 4.69) is 32.9 Å². The van der Waals surface area contributed by atoms with Crippen LogP contribution in [0.25, 0.3) is 0 Å². The Hall–Kier alpha value is -0.820. The molecular formula is C12H18N. The molecule has 1 radical (unpaired) electrons. The second kappa shape index (κ2) is 3.93. The predicted molar refractivity (Wildman–Crippen MR) is 57.0 cm³/mol. The summed E-state index contributed by atoms with van der Waals surface area (Å²) < 4.78 is 0. The molecule has 71 valence electrons. The molecule has 1 heteroatoms. The Morgan fingerprint density at radius 3 is 2.15 bits per heavy atom. The van der Waals surface area contributed by atoms with E-state index >= 15 is 0 Å². The van der Waals surface area contributed by atoms with E-state index < -0.39 is 0 Å². The molecule has 1 aromatic rings. The van der Waals surface area contributed by atoms with Gasteiger partial charge in [-0.05, 0) is 17.4 Å². The minimum Gasteiger partial charge on any atom is -0.323 e. The quantitative estimate of drug-likeness (QED) is 0.736. The molecule has 0 amide bonds. The third kappa shape index (κ3) is 3.19. The van der Waals surface area contributed by atoms with E-state index in [1.54, 1.807) is 0 Å². The molecule has 0 spiro atoms. The van der Waals surface area contributed by atoms with Crippen molar-refractivity contribution in [1.29, 1.82) is 0 Å². The van der Waals surface area contributed by atoms with E-state index in [0.29, 0.717) is 0 Å². The first-order valence-electron chi connectivity index (χ1n) is 4.66. The zero-order chi connectivity index (χ0) is 9.90. The van der Waals surface area contributed by atoms with Crippen molar-refractivity contribution in [2.24, 2.45) is 11.1 Å². The van der Waals surface area contributed by atoms with Crippen molar-refractivity contribution in [2.45, 2.75) is 27.2 Å². The average molecular weight is 176 g/mol. The zero-order valence-corrected chi connectivity index (χ0v) is 8.67. The lowest BCUT2D eigenvalue weighted by molar-refractivity contribution is 0.412. The van der Waals surface area contributed by atoms with Crippen molar-refractivity contribution >= 4 is 0 Å². The summed E-state index contributed by atoms with van der Waals surface area (Å²) in [6.45, 7) is 6.43. The third-order valence-electron chi connectivity index (χ3n) is 2.20. The standard InChI is InChI=1S/C12H18N/c1-12(2,3)11(13)9-10-7-5-4-6-8-10/h4-8H,9,13H2,1-3H3. The van der Waals surface area contributed by atoms with Gasteiger partial charge in [0.25, 0.3) is 0 Å². The van der Waals surface area contributed by atoms with E-state index in [1.807, 2.05) is 18.2 Å². The number of hydrogen-bond acceptors (Lipinski definition) is 1. The van der Waals surface area contributed by atoms with E-state index in [1.165, 1.54) is 5.56 Å². The van der Waals surface area contributed by atoms with Gasteiger partial charge >= 0.3 is 0 Å². The zero-order valence-electron chi connectivity index (χ0n) is 8.67. The van der Waals surface area contributed by atoms with Gasteiger partial charge in [-0.1, -0.05) is 51.1 Å². The Morgan fingerprint density at radius 2 is 1.69 bits per heavy atom. The Morgan fingerprint density at radius 1 is 1.15 bits per heavy atom. The molecule has 0 saturated heterocycles. The highest BCUT2D eigenvalue weighted by Crippen LogP contribution is 2.26. The van der Waals surface area contributed by atoms with Crippen LogP contribution in [0.15, 0.2) is 30.3 Å². The number of hydrogen-bond donors (Lipinski definition) is 1. The van der Waals surface area contributed by atoms with Gasteiger partial charge in [0, 0.05) is 6.04 Å². The lowest BCUT2D eigenvalue weighted by atomic mass is 9.84. The molecule has 0 saturated carbocycles. The monoisotopic (exact) mass is 176 g/mol. The Kier molecular flexibility index (Phi) is 3.10. The predicted octanol–water partition coefficient (Wildman–Crippen LogP) is 2.77. The summed E-state index contributed by atoms with van der Waals surface area (Å²) in [6.07, 6.45) is 0.879. The van der Waals surface area contributed by atoms with Crippen LogP contribution in [0.4, 0.5) is 0 Å². The SMILES string of the molecule is CC(C)(C)[C](N)Cc1ccccc1. The number of benzene rings is 1. The molecule has 1 nitrogen and oxygen atoms in total. The van der Waals surface area contributed by atoms with E-state index in [4.69, 9.17) is 5.73 Å². The molecule has 0 aliphatic carbocycles. The lowest BCUT2D eigenvalue weighted by Crippen LogP contribution is -2.28. The van der Waals surface area contributed by atoms with Crippen LogP contribution >= 0.6 is 0 Å². The van der Waals surface area contributed by atoms with Crippen LogP contribution < -0.4 is 5.73 Å². The van der Waals surface area contributed by atoms with Gasteiger partial charge in [0.05, 0.1) is 0 Å². The topological polar surface area (TPSA) is 26.0 Å². The lowest BCUT2D eigenvalue weighted by Gasteiger charge is -2.26. The fraction of sp³-hybridized carbons (Fsp3) is 0.417. The molecule has 0 aromatic heterocycles. The summed E-state index contributed by atoms with van der Waals surface area (Å²) in [5, 5.41) is 0. The van der Waals surface area contributed by atoms with Gasteiger partial charge in [-0.25, -0.2) is 0 Å². The Bertz CT molecular complexity index is 246. The highest BCUT2D eigenvalue weighted by molar-refractivity contribution is 5.19. The average Bonchev–Trinajstić information content (AvgIpc) is 2.04. The van der Waals surface area contributed by atoms with Gasteiger partial charge in [-0.15, -0.1) is 0 Å². The van der Waals surface area contributed by atoms with Crippen molar-refractivity contribution in [1.82, 2.24) is 0 Å². The maximum Gasteiger partial charge on any atom is 0.0435 e. The fourth-order valence-electron chi connectivity index (χ4n) is 1.08. The molecule has 0 atom stereocenters. The molecule has 13 heavy (non-hydrogen) atoms. The van der Waals surface area contributed by atoms with Gasteiger partial charge in [-0.3, -0.25) is 0 Å². The summed E-state index contributed by atoms with van der Waals surface area (Å²) in [7, 11) is 0. The van der Waals surface area contributed by atoms with Crippen LogP contribution in [0, 0.1) is 11.5 Å². The highest BCUT2D eigenvalue weighted by Gasteiger charge is 2.21. The molecule has 0 heterocycles. The first-order valence-corrected chi connectivity index (χ1v) is 4.66. The second-order valence-corrected chi connectivity index (χ2v) is 4.44. The summed E-state index contributed by atoms with van der Waals surface area (Å²) in [4.78, 5) is 0. The molecule has 1 rings (SSSR count). The van der Waals surface area contributed by atoms with Crippen LogP contribution in [0.3, 0.4) is 0 Å². The number of nitrogens with two attached hydrogens (primary N) is 1. The minimum absolute atomic E-state index is 0.107. The fourth-order valence-corrected chi connectivity index (χ4v) is 1.08. The maximum absolute atomic E-state index is 6.00. The van der Waals surface area contributed by atoms with Crippen molar-refractivity contribution < 1.29 is 0 Å². The normalized spacial score (nSPS) is 12.1. The largest absolute Gasteiger partial charge is 0.323 e. The van der Waals surface area contributed by atoms with E-state index in [-0.39, 0.29) is 5.41 Å². The van der Waals surface area contributed by atoms with Gasteiger partial charge in [-0.2, -0.15) is 0 Å². The molecular weight excluding hydrogens is 158 g/mol. The van der Waals surface area contributed by atoms with Crippen LogP contribution in [0.5, 0.6) is 0 Å².